The van der Waals surface area contributed by atoms with Crippen LogP contribution in [-0.2, 0) is 16.0 Å². The van der Waals surface area contributed by atoms with Crippen LogP contribution in [0.3, 0.4) is 0 Å². The Hall–Kier alpha value is -3.94. The van der Waals surface area contributed by atoms with Crippen molar-refractivity contribution in [2.24, 2.45) is 0 Å². The molecule has 1 aliphatic rings. The molecule has 1 N–H and O–H groups in total. The minimum absolute atomic E-state index is 0.0318. The number of halogens is 2. The Kier molecular flexibility index (Phi) is 6.26. The van der Waals surface area contributed by atoms with Crippen LogP contribution in [0.25, 0.3) is 0 Å². The lowest BCUT2D eigenvalue weighted by Gasteiger charge is -2.31. The van der Waals surface area contributed by atoms with Gasteiger partial charge in [-0.25, -0.2) is 8.78 Å². The van der Waals surface area contributed by atoms with E-state index in [1.165, 1.54) is 61.6 Å². The largest absolute Gasteiger partial charge is 0.493 e. The number of hydrogen-bond acceptors (Lipinski definition) is 4. The molecule has 8 heteroatoms. The van der Waals surface area contributed by atoms with E-state index in [0.717, 1.165) is 0 Å². The molecule has 1 aliphatic heterocycles. The molecule has 0 aromatic heterocycles. The summed E-state index contributed by atoms with van der Waals surface area (Å²) in [5.74, 6) is -0.721. The van der Waals surface area contributed by atoms with Gasteiger partial charge in [-0.05, 0) is 53.6 Å². The molecular weight excluding hydrogens is 430 g/mol. The van der Waals surface area contributed by atoms with Gasteiger partial charge in [0.15, 0.2) is 11.5 Å². The van der Waals surface area contributed by atoms with E-state index in [4.69, 9.17) is 9.47 Å². The summed E-state index contributed by atoms with van der Waals surface area (Å²) in [5.41, 5.74) is 2.02. The lowest BCUT2D eigenvalue weighted by molar-refractivity contribution is -0.135. The predicted octanol–water partition coefficient (Wildman–Crippen LogP) is 4.09. The molecule has 1 atom stereocenters. The fourth-order valence-corrected chi connectivity index (χ4v) is 3.98. The van der Waals surface area contributed by atoms with Gasteiger partial charge in [0, 0.05) is 11.3 Å². The number of benzene rings is 3. The molecule has 1 heterocycles. The Labute approximate surface area is 189 Å². The molecule has 2 amide bonds. The average molecular weight is 452 g/mol. The second kappa shape index (κ2) is 9.28. The van der Waals surface area contributed by atoms with Crippen LogP contribution in [0.5, 0.6) is 11.5 Å². The number of ether oxygens (including phenoxy) is 2. The molecule has 0 saturated carbocycles. The molecule has 0 bridgehead atoms. The highest BCUT2D eigenvalue weighted by atomic mass is 19.1. The van der Waals surface area contributed by atoms with Gasteiger partial charge in [0.1, 0.15) is 18.2 Å². The molecule has 0 fully saturated rings. The number of carbonyl (C=O) groups excluding carboxylic acids is 2. The first kappa shape index (κ1) is 22.3. The van der Waals surface area contributed by atoms with Crippen molar-refractivity contribution in [1.82, 2.24) is 4.90 Å². The van der Waals surface area contributed by atoms with Gasteiger partial charge in [0.25, 0.3) is 0 Å². The van der Waals surface area contributed by atoms with Gasteiger partial charge >= 0.3 is 0 Å². The Balaban J connectivity index is 1.76. The Morgan fingerprint density at radius 3 is 2.36 bits per heavy atom. The highest BCUT2D eigenvalue weighted by Crippen LogP contribution is 2.37. The minimum atomic E-state index is -0.789. The van der Waals surface area contributed by atoms with Crippen molar-refractivity contribution in [3.63, 3.8) is 0 Å². The Morgan fingerprint density at radius 2 is 1.67 bits per heavy atom. The van der Waals surface area contributed by atoms with Crippen LogP contribution in [0.1, 0.15) is 22.7 Å². The van der Waals surface area contributed by atoms with Gasteiger partial charge in [0.2, 0.25) is 11.8 Å². The summed E-state index contributed by atoms with van der Waals surface area (Å²) in [6.45, 7) is -0.246. The summed E-state index contributed by atoms with van der Waals surface area (Å²) in [6.07, 6.45) is -0.0318. The standard InChI is InChI=1S/C25H22F2N2O4/c1-32-21-10-3-15(11-22(21)33-2)12-24(31)29-14-23(30)28-20-9-8-18(27)13-19(20)25(29)16-4-6-17(26)7-5-16/h3-11,13,25H,12,14H2,1-2H3,(H,28,30)/t25-/m0/s1. The van der Waals surface area contributed by atoms with Gasteiger partial charge in [-0.15, -0.1) is 0 Å². The van der Waals surface area contributed by atoms with Crippen LogP contribution in [-0.4, -0.2) is 37.5 Å². The first-order valence-electron chi connectivity index (χ1n) is 10.2. The second-order valence-electron chi connectivity index (χ2n) is 7.62. The summed E-state index contributed by atoms with van der Waals surface area (Å²) in [4.78, 5) is 27.5. The molecule has 33 heavy (non-hydrogen) atoms. The minimum Gasteiger partial charge on any atom is -0.493 e. The number of methoxy groups -OCH3 is 2. The summed E-state index contributed by atoms with van der Waals surface area (Å²) in [6, 6.07) is 13.9. The molecule has 0 spiro atoms. The lowest BCUT2D eigenvalue weighted by atomic mass is 9.95. The maximum Gasteiger partial charge on any atom is 0.244 e. The first-order chi connectivity index (χ1) is 15.9. The van der Waals surface area contributed by atoms with Crippen LogP contribution < -0.4 is 14.8 Å². The van der Waals surface area contributed by atoms with Crippen LogP contribution in [0, 0.1) is 11.6 Å². The molecule has 0 saturated heterocycles. The van der Waals surface area contributed by atoms with Crippen LogP contribution in [0.2, 0.25) is 0 Å². The van der Waals surface area contributed by atoms with Crippen molar-refractivity contribution in [2.45, 2.75) is 12.5 Å². The molecule has 3 aromatic carbocycles. The number of carbonyl (C=O) groups is 2. The molecule has 170 valence electrons. The fraction of sp³-hybridized carbons (Fsp3) is 0.200. The smallest absolute Gasteiger partial charge is 0.244 e. The van der Waals surface area contributed by atoms with Crippen molar-refractivity contribution in [1.29, 1.82) is 0 Å². The number of anilines is 1. The van der Waals surface area contributed by atoms with E-state index in [2.05, 4.69) is 5.32 Å². The summed E-state index contributed by atoms with van der Waals surface area (Å²) in [5, 5.41) is 2.73. The number of fused-ring (bicyclic) bond motifs is 1. The average Bonchev–Trinajstić information content (AvgIpc) is 2.95. The summed E-state index contributed by atoms with van der Waals surface area (Å²) in [7, 11) is 3.01. The third-order valence-electron chi connectivity index (χ3n) is 5.52. The van der Waals surface area contributed by atoms with Crippen molar-refractivity contribution in [3.8, 4) is 11.5 Å². The zero-order chi connectivity index (χ0) is 23.5. The zero-order valence-electron chi connectivity index (χ0n) is 18.1. The van der Waals surface area contributed by atoms with Gasteiger partial charge in [-0.2, -0.15) is 0 Å². The number of hydrogen-bond donors (Lipinski definition) is 1. The van der Waals surface area contributed by atoms with Crippen molar-refractivity contribution >= 4 is 17.5 Å². The van der Waals surface area contributed by atoms with Crippen LogP contribution >= 0.6 is 0 Å². The third kappa shape index (κ3) is 4.64. The van der Waals surface area contributed by atoms with Crippen molar-refractivity contribution in [2.75, 3.05) is 26.1 Å². The second-order valence-corrected chi connectivity index (χ2v) is 7.62. The Morgan fingerprint density at radius 1 is 0.970 bits per heavy atom. The first-order valence-corrected chi connectivity index (χ1v) is 10.2. The number of nitrogens with one attached hydrogen (secondary N) is 1. The van der Waals surface area contributed by atoms with E-state index in [9.17, 15) is 18.4 Å². The fourth-order valence-electron chi connectivity index (χ4n) is 3.98. The number of amides is 2. The van der Waals surface area contributed by atoms with E-state index >= 15 is 0 Å². The molecule has 4 rings (SSSR count). The van der Waals surface area contributed by atoms with E-state index in [1.54, 1.807) is 18.2 Å². The van der Waals surface area contributed by atoms with Crippen molar-refractivity contribution < 1.29 is 27.8 Å². The molecular formula is C25H22F2N2O4. The third-order valence-corrected chi connectivity index (χ3v) is 5.52. The van der Waals surface area contributed by atoms with Gasteiger partial charge in [-0.1, -0.05) is 18.2 Å². The summed E-state index contributed by atoms with van der Waals surface area (Å²) < 4.78 is 38.4. The van der Waals surface area contributed by atoms with E-state index in [1.807, 2.05) is 0 Å². The van der Waals surface area contributed by atoms with E-state index in [-0.39, 0.29) is 18.9 Å². The van der Waals surface area contributed by atoms with Gasteiger partial charge in [-0.3, -0.25) is 9.59 Å². The quantitative estimate of drug-likeness (QED) is 0.633. The van der Waals surface area contributed by atoms with E-state index in [0.29, 0.717) is 33.9 Å². The van der Waals surface area contributed by atoms with Crippen molar-refractivity contribution in [3.05, 3.63) is 89.0 Å². The SMILES string of the molecule is COc1ccc(CC(=O)N2CC(=O)Nc3ccc(F)cc3[C@@H]2c2ccc(F)cc2)cc1OC. The summed E-state index contributed by atoms with van der Waals surface area (Å²) >= 11 is 0. The normalized spacial score (nSPS) is 15.3. The molecule has 0 radical (unpaired) electrons. The maximum atomic E-state index is 14.2. The maximum absolute atomic E-state index is 14.2. The molecule has 3 aromatic rings. The highest BCUT2D eigenvalue weighted by molar-refractivity contribution is 5.97. The molecule has 0 aliphatic carbocycles. The Bertz CT molecular complexity index is 1200. The molecule has 6 nitrogen and oxygen atoms in total. The van der Waals surface area contributed by atoms with Gasteiger partial charge < -0.3 is 19.7 Å². The highest BCUT2D eigenvalue weighted by Gasteiger charge is 2.33. The van der Waals surface area contributed by atoms with Crippen LogP contribution in [0.15, 0.2) is 60.7 Å². The van der Waals surface area contributed by atoms with Gasteiger partial charge in [0.05, 0.1) is 26.7 Å². The molecule has 0 unspecified atom stereocenters. The van der Waals surface area contributed by atoms with Crippen LogP contribution in [0.4, 0.5) is 14.5 Å². The monoisotopic (exact) mass is 452 g/mol. The zero-order valence-corrected chi connectivity index (χ0v) is 18.1. The lowest BCUT2D eigenvalue weighted by Crippen LogP contribution is -2.39. The number of nitrogens with zero attached hydrogens (tertiary/aromatic N) is 1. The topological polar surface area (TPSA) is 67.9 Å². The predicted molar refractivity (Wildman–Crippen MR) is 118 cm³/mol. The van der Waals surface area contributed by atoms with E-state index < -0.39 is 23.6 Å². The number of rotatable bonds is 5.